The van der Waals surface area contributed by atoms with Gasteiger partial charge in [0.05, 0.1) is 5.56 Å². The number of rotatable bonds is 9. The first kappa shape index (κ1) is 30.9. The second-order valence-corrected chi connectivity index (χ2v) is 9.44. The van der Waals surface area contributed by atoms with Crippen LogP contribution in [0.3, 0.4) is 0 Å². The number of benzene rings is 3. The van der Waals surface area contributed by atoms with Gasteiger partial charge < -0.3 is 55.1 Å². The first-order valence-corrected chi connectivity index (χ1v) is 12.7. The molecule has 0 saturated carbocycles. The molecule has 1 unspecified atom stereocenters. The summed E-state index contributed by atoms with van der Waals surface area (Å²) in [5.74, 6) is -4.44. The summed E-state index contributed by atoms with van der Waals surface area (Å²) in [4.78, 5) is 24.7. The highest BCUT2D eigenvalue weighted by Gasteiger charge is 2.45. The van der Waals surface area contributed by atoms with Gasteiger partial charge in [0, 0.05) is 6.08 Å². The number of hydrogen-bond acceptors (Lipinski definition) is 13. The van der Waals surface area contributed by atoms with Gasteiger partial charge in [0.2, 0.25) is 12.0 Å². The van der Waals surface area contributed by atoms with Crippen LogP contribution < -0.4 is 4.74 Å². The molecule has 0 radical (unpaired) electrons. The van der Waals surface area contributed by atoms with Crippen molar-refractivity contribution in [2.24, 2.45) is 0 Å². The van der Waals surface area contributed by atoms with Crippen LogP contribution in [0.2, 0.25) is 0 Å². The van der Waals surface area contributed by atoms with Crippen LogP contribution in [-0.2, 0) is 14.3 Å². The lowest BCUT2D eigenvalue weighted by atomic mass is 9.99. The van der Waals surface area contributed by atoms with E-state index in [1.165, 1.54) is 42.5 Å². The predicted octanol–water partition coefficient (Wildman–Crippen LogP) is 1.55. The number of carbonyl (C=O) groups excluding carboxylic acids is 2. The van der Waals surface area contributed by atoms with Gasteiger partial charge in [-0.15, -0.1) is 0 Å². The smallest absolute Gasteiger partial charge is 0.330 e. The number of phenols is 5. The Bertz CT molecular complexity index is 1530. The zero-order chi connectivity index (χ0) is 31.3. The van der Waals surface area contributed by atoms with Crippen LogP contribution in [0.15, 0.2) is 66.7 Å². The van der Waals surface area contributed by atoms with E-state index in [1.54, 1.807) is 12.1 Å². The van der Waals surface area contributed by atoms with Crippen LogP contribution in [0.1, 0.15) is 21.5 Å². The van der Waals surface area contributed by atoms with Crippen LogP contribution in [0.25, 0.3) is 12.2 Å². The Morgan fingerprint density at radius 2 is 1.42 bits per heavy atom. The van der Waals surface area contributed by atoms with Gasteiger partial charge in [0.25, 0.3) is 0 Å². The maximum absolute atomic E-state index is 12.6. The summed E-state index contributed by atoms with van der Waals surface area (Å²) >= 11 is 0. The van der Waals surface area contributed by atoms with Crippen LogP contribution >= 0.6 is 0 Å². The Hall–Kier alpha value is -5.08. The molecule has 0 spiro atoms. The van der Waals surface area contributed by atoms with Gasteiger partial charge in [-0.3, -0.25) is 4.79 Å². The molecule has 1 heterocycles. The van der Waals surface area contributed by atoms with Crippen molar-refractivity contribution in [1.82, 2.24) is 0 Å². The predicted molar refractivity (Wildman–Crippen MR) is 148 cm³/mol. The number of allylic oxidation sites excluding steroid dienone is 1. The number of esters is 1. The molecule has 1 saturated heterocycles. The second kappa shape index (κ2) is 13.3. The van der Waals surface area contributed by atoms with E-state index in [-0.39, 0.29) is 17.1 Å². The minimum Gasteiger partial charge on any atom is -0.508 e. The number of ether oxygens (including phenoxy) is 3. The summed E-state index contributed by atoms with van der Waals surface area (Å²) in [6.07, 6.45) is -3.53. The molecule has 13 nitrogen and oxygen atoms in total. The van der Waals surface area contributed by atoms with Gasteiger partial charge in [-0.05, 0) is 59.7 Å². The molecule has 226 valence electrons. The molecule has 1 aliphatic rings. The topological polar surface area (TPSA) is 224 Å². The maximum Gasteiger partial charge on any atom is 0.330 e. The molecule has 8 N–H and O–H groups in total. The molecule has 3 aromatic carbocycles. The number of hydrogen-bond donors (Lipinski definition) is 8. The summed E-state index contributed by atoms with van der Waals surface area (Å²) in [7, 11) is 0. The largest absolute Gasteiger partial charge is 0.508 e. The Balaban J connectivity index is 1.41. The normalized spacial score (nSPS) is 22.1. The monoisotopic (exact) mass is 596 g/mol. The molecule has 0 bridgehead atoms. The average Bonchev–Trinajstić information content (AvgIpc) is 2.99. The van der Waals surface area contributed by atoms with Crippen molar-refractivity contribution in [2.45, 2.75) is 30.7 Å². The molecule has 4 rings (SSSR count). The SMILES string of the molecule is O=C(/C=C/c1ccc(O)cc1)OC[C@@H]1OC(Oc2ccc(C(=O)/C=C/c3ccc(O)c(O)c3)c(O)c2O)[C@@H](O)[C@H](O)[C@H]1O. The number of carbonyl (C=O) groups is 2. The first-order valence-electron chi connectivity index (χ1n) is 12.7. The Kier molecular flexibility index (Phi) is 9.52. The Morgan fingerprint density at radius 3 is 2.12 bits per heavy atom. The minimum atomic E-state index is -1.83. The first-order chi connectivity index (χ1) is 20.4. The van der Waals surface area contributed by atoms with Crippen LogP contribution in [0.4, 0.5) is 0 Å². The Morgan fingerprint density at radius 1 is 0.744 bits per heavy atom. The van der Waals surface area contributed by atoms with E-state index in [9.17, 15) is 50.4 Å². The average molecular weight is 597 g/mol. The van der Waals surface area contributed by atoms with E-state index < -0.39 is 72.1 Å². The third-order valence-electron chi connectivity index (χ3n) is 6.41. The maximum atomic E-state index is 12.6. The van der Waals surface area contributed by atoms with Crippen LogP contribution in [0.5, 0.6) is 34.5 Å². The molecule has 1 aliphatic heterocycles. The zero-order valence-corrected chi connectivity index (χ0v) is 22.2. The molecular formula is C30H28O13. The van der Waals surface area contributed by atoms with E-state index in [0.717, 1.165) is 24.3 Å². The molecular weight excluding hydrogens is 568 g/mol. The van der Waals surface area contributed by atoms with E-state index in [1.807, 2.05) is 0 Å². The number of ketones is 1. The molecule has 5 atom stereocenters. The lowest BCUT2D eigenvalue weighted by Gasteiger charge is -2.39. The third kappa shape index (κ3) is 7.42. The fourth-order valence-electron chi connectivity index (χ4n) is 4.00. The van der Waals surface area contributed by atoms with Crippen molar-refractivity contribution in [3.63, 3.8) is 0 Å². The molecule has 3 aromatic rings. The summed E-state index contributed by atoms with van der Waals surface area (Å²) in [6, 6.07) is 12.0. The highest BCUT2D eigenvalue weighted by molar-refractivity contribution is 6.09. The van der Waals surface area contributed by atoms with Crippen molar-refractivity contribution in [1.29, 1.82) is 0 Å². The molecule has 43 heavy (non-hydrogen) atoms. The zero-order valence-electron chi connectivity index (χ0n) is 22.2. The minimum absolute atomic E-state index is 0.0512. The van der Waals surface area contributed by atoms with Gasteiger partial charge in [0.15, 0.2) is 28.8 Å². The fraction of sp³-hybridized carbons (Fsp3) is 0.200. The standard InChI is InChI=1S/C30H28O13/c31-17-6-1-15(2-7-17)5-12-24(35)41-14-23-27(38)28(39)29(40)30(43-23)42-22-11-8-18(25(36)26(22)37)19(32)9-3-16-4-10-20(33)21(34)13-16/h1-13,23,27-31,33-34,36-40H,14H2/b9-3+,12-5+/t23-,27-,28+,29-,30?/m0/s1. The summed E-state index contributed by atoms with van der Waals surface area (Å²) in [5.41, 5.74) is 0.639. The van der Waals surface area contributed by atoms with Crippen LogP contribution in [-0.4, -0.2) is 89.9 Å². The lowest BCUT2D eigenvalue weighted by molar-refractivity contribution is -0.278. The summed E-state index contributed by atoms with van der Waals surface area (Å²) < 4.78 is 16.0. The molecule has 0 amide bonds. The van der Waals surface area contributed by atoms with E-state index in [2.05, 4.69) is 0 Å². The van der Waals surface area contributed by atoms with Crippen molar-refractivity contribution < 1.29 is 64.7 Å². The molecule has 1 fully saturated rings. The fourth-order valence-corrected chi connectivity index (χ4v) is 4.00. The number of aliphatic hydroxyl groups excluding tert-OH is 3. The molecule has 0 aromatic heterocycles. The molecule has 13 heteroatoms. The van der Waals surface area contributed by atoms with Gasteiger partial charge >= 0.3 is 5.97 Å². The van der Waals surface area contributed by atoms with Gasteiger partial charge in [-0.25, -0.2) is 4.79 Å². The van der Waals surface area contributed by atoms with Crippen LogP contribution in [0, 0.1) is 0 Å². The van der Waals surface area contributed by atoms with E-state index in [4.69, 9.17) is 14.2 Å². The second-order valence-electron chi connectivity index (χ2n) is 9.44. The highest BCUT2D eigenvalue weighted by Crippen LogP contribution is 2.40. The number of aromatic hydroxyl groups is 5. The number of aliphatic hydroxyl groups is 3. The van der Waals surface area contributed by atoms with Crippen molar-refractivity contribution in [3.8, 4) is 34.5 Å². The van der Waals surface area contributed by atoms with Gasteiger partial charge in [-0.1, -0.05) is 24.3 Å². The summed E-state index contributed by atoms with van der Waals surface area (Å²) in [5, 5.41) is 80.2. The highest BCUT2D eigenvalue weighted by atomic mass is 16.7. The van der Waals surface area contributed by atoms with E-state index >= 15 is 0 Å². The summed E-state index contributed by atoms with van der Waals surface area (Å²) in [6.45, 7) is -0.556. The van der Waals surface area contributed by atoms with Crippen molar-refractivity contribution >= 4 is 23.9 Å². The van der Waals surface area contributed by atoms with Gasteiger partial charge in [-0.2, -0.15) is 0 Å². The molecule has 0 aliphatic carbocycles. The number of phenolic OH excluding ortho intramolecular Hbond substituents is 5. The lowest BCUT2D eigenvalue weighted by Crippen LogP contribution is -2.60. The quantitative estimate of drug-likeness (QED) is 0.0761. The third-order valence-corrected chi connectivity index (χ3v) is 6.41. The van der Waals surface area contributed by atoms with Crippen molar-refractivity contribution in [2.75, 3.05) is 6.61 Å². The Labute approximate surface area is 244 Å². The van der Waals surface area contributed by atoms with Crippen molar-refractivity contribution in [3.05, 3.63) is 83.4 Å². The van der Waals surface area contributed by atoms with E-state index in [0.29, 0.717) is 11.1 Å². The van der Waals surface area contributed by atoms with Gasteiger partial charge in [0.1, 0.15) is 36.8 Å².